The lowest BCUT2D eigenvalue weighted by Crippen LogP contribution is -2.21. The van der Waals surface area contributed by atoms with Crippen LogP contribution in [0.2, 0.25) is 10.0 Å². The van der Waals surface area contributed by atoms with Crippen LogP contribution in [0.3, 0.4) is 0 Å². The predicted octanol–water partition coefficient (Wildman–Crippen LogP) is 3.54. The molecule has 0 aliphatic carbocycles. The number of halogens is 2. The van der Waals surface area contributed by atoms with Crippen LogP contribution in [-0.4, -0.2) is 35.2 Å². The van der Waals surface area contributed by atoms with E-state index in [1.54, 1.807) is 23.5 Å². The van der Waals surface area contributed by atoms with Crippen LogP contribution >= 0.6 is 34.5 Å². The van der Waals surface area contributed by atoms with Gasteiger partial charge in [-0.25, -0.2) is 4.98 Å². The van der Waals surface area contributed by atoms with E-state index in [1.165, 1.54) is 0 Å². The molecule has 6 heteroatoms. The van der Waals surface area contributed by atoms with Gasteiger partial charge in [0.1, 0.15) is 5.01 Å². The fraction of sp³-hybridized carbons (Fsp3) is 0.308. The summed E-state index contributed by atoms with van der Waals surface area (Å²) in [6, 6.07) is 5.35. The Kier molecular flexibility index (Phi) is 5.19. The van der Waals surface area contributed by atoms with Crippen molar-refractivity contribution in [1.29, 1.82) is 0 Å². The van der Waals surface area contributed by atoms with Crippen molar-refractivity contribution in [3.05, 3.63) is 38.6 Å². The molecule has 0 saturated heterocycles. The number of benzene rings is 1. The second-order valence-electron chi connectivity index (χ2n) is 4.21. The zero-order chi connectivity index (χ0) is 13.8. The Morgan fingerprint density at radius 2 is 2.16 bits per heavy atom. The summed E-state index contributed by atoms with van der Waals surface area (Å²) in [5.41, 5.74) is 1.69. The van der Waals surface area contributed by atoms with Gasteiger partial charge in [0.05, 0.1) is 23.9 Å². The van der Waals surface area contributed by atoms with Crippen molar-refractivity contribution in [3.63, 3.8) is 0 Å². The van der Waals surface area contributed by atoms with Gasteiger partial charge in [-0.3, -0.25) is 4.90 Å². The topological polar surface area (TPSA) is 36.4 Å². The molecule has 0 spiro atoms. The lowest BCUT2D eigenvalue weighted by atomic mass is 10.2. The zero-order valence-corrected chi connectivity index (χ0v) is 12.8. The molecule has 0 amide bonds. The van der Waals surface area contributed by atoms with Crippen LogP contribution in [0.25, 0.3) is 11.3 Å². The fourth-order valence-corrected chi connectivity index (χ4v) is 2.94. The van der Waals surface area contributed by atoms with E-state index in [0.29, 0.717) is 23.1 Å². The van der Waals surface area contributed by atoms with Crippen molar-refractivity contribution < 1.29 is 5.11 Å². The van der Waals surface area contributed by atoms with Gasteiger partial charge in [0.15, 0.2) is 0 Å². The molecule has 102 valence electrons. The number of nitrogens with zero attached hydrogens (tertiary/aromatic N) is 2. The summed E-state index contributed by atoms with van der Waals surface area (Å²) in [4.78, 5) is 6.57. The minimum absolute atomic E-state index is 0.148. The first-order valence-corrected chi connectivity index (χ1v) is 7.43. The van der Waals surface area contributed by atoms with Crippen LogP contribution in [0.4, 0.5) is 0 Å². The summed E-state index contributed by atoms with van der Waals surface area (Å²) in [7, 11) is 1.95. The second kappa shape index (κ2) is 6.68. The number of aliphatic hydroxyl groups excluding tert-OH is 1. The van der Waals surface area contributed by atoms with E-state index in [2.05, 4.69) is 4.98 Å². The predicted molar refractivity (Wildman–Crippen MR) is 81.0 cm³/mol. The first-order chi connectivity index (χ1) is 9.10. The summed E-state index contributed by atoms with van der Waals surface area (Å²) >= 11 is 13.7. The standard InChI is InChI=1S/C13H14Cl2N2OS/c1-17(4-5-18)7-13-16-12(8-19-13)10-6-9(14)2-3-11(10)15/h2-3,6,8,18H,4-5,7H2,1H3. The third kappa shape index (κ3) is 3.91. The smallest absolute Gasteiger partial charge is 0.107 e. The Hall–Kier alpha value is -0.650. The molecule has 19 heavy (non-hydrogen) atoms. The number of hydrogen-bond donors (Lipinski definition) is 1. The Balaban J connectivity index is 2.18. The zero-order valence-electron chi connectivity index (χ0n) is 10.4. The van der Waals surface area contributed by atoms with Gasteiger partial charge in [0.25, 0.3) is 0 Å². The largest absolute Gasteiger partial charge is 0.395 e. The van der Waals surface area contributed by atoms with Gasteiger partial charge in [0, 0.05) is 22.5 Å². The minimum Gasteiger partial charge on any atom is -0.395 e. The van der Waals surface area contributed by atoms with Gasteiger partial charge in [-0.05, 0) is 25.2 Å². The molecule has 0 saturated carbocycles. The van der Waals surface area contributed by atoms with Gasteiger partial charge in [-0.2, -0.15) is 0 Å². The van der Waals surface area contributed by atoms with Crippen molar-refractivity contribution in [2.24, 2.45) is 0 Å². The monoisotopic (exact) mass is 316 g/mol. The molecule has 0 aliphatic heterocycles. The molecule has 0 bridgehead atoms. The summed E-state index contributed by atoms with van der Waals surface area (Å²) in [6.07, 6.45) is 0. The molecular weight excluding hydrogens is 303 g/mol. The highest BCUT2D eigenvalue weighted by molar-refractivity contribution is 7.09. The van der Waals surface area contributed by atoms with Gasteiger partial charge >= 0.3 is 0 Å². The van der Waals surface area contributed by atoms with Crippen molar-refractivity contribution >= 4 is 34.5 Å². The molecule has 0 fully saturated rings. The Labute approximate surface area is 126 Å². The first-order valence-electron chi connectivity index (χ1n) is 5.79. The van der Waals surface area contributed by atoms with E-state index < -0.39 is 0 Å². The maximum Gasteiger partial charge on any atom is 0.107 e. The van der Waals surface area contributed by atoms with Crippen LogP contribution in [0, 0.1) is 0 Å². The molecular formula is C13H14Cl2N2OS. The average Bonchev–Trinajstić information content (AvgIpc) is 2.81. The van der Waals surface area contributed by atoms with Crippen LogP contribution in [0.1, 0.15) is 5.01 Å². The SMILES string of the molecule is CN(CCO)Cc1nc(-c2cc(Cl)ccc2Cl)cs1. The molecule has 2 rings (SSSR count). The quantitative estimate of drug-likeness (QED) is 0.916. The summed E-state index contributed by atoms with van der Waals surface area (Å²) in [5, 5.41) is 13.1. The number of aromatic nitrogens is 1. The third-order valence-corrected chi connectivity index (χ3v) is 4.04. The summed E-state index contributed by atoms with van der Waals surface area (Å²) in [6.45, 7) is 1.49. The molecule has 0 radical (unpaired) electrons. The average molecular weight is 317 g/mol. The third-order valence-electron chi connectivity index (χ3n) is 2.64. The van der Waals surface area contributed by atoms with E-state index in [0.717, 1.165) is 16.3 Å². The number of aliphatic hydroxyl groups is 1. The van der Waals surface area contributed by atoms with E-state index in [1.807, 2.05) is 23.4 Å². The molecule has 0 unspecified atom stereocenters. The molecule has 0 aliphatic rings. The molecule has 1 aromatic carbocycles. The normalized spacial score (nSPS) is 11.2. The van der Waals surface area contributed by atoms with Gasteiger partial charge in [-0.1, -0.05) is 23.2 Å². The molecule has 1 N–H and O–H groups in total. The number of rotatable bonds is 5. The molecule has 0 atom stereocenters. The van der Waals surface area contributed by atoms with Gasteiger partial charge in [-0.15, -0.1) is 11.3 Å². The maximum atomic E-state index is 8.87. The highest BCUT2D eigenvalue weighted by atomic mass is 35.5. The van der Waals surface area contributed by atoms with E-state index in [9.17, 15) is 0 Å². The Morgan fingerprint density at radius 1 is 1.37 bits per heavy atom. The Bertz CT molecular complexity index is 559. The van der Waals surface area contributed by atoms with E-state index in [4.69, 9.17) is 28.3 Å². The fourth-order valence-electron chi connectivity index (χ4n) is 1.68. The number of hydrogen-bond acceptors (Lipinski definition) is 4. The first kappa shape index (κ1) is 14.8. The molecule has 3 nitrogen and oxygen atoms in total. The number of likely N-dealkylation sites (N-methyl/N-ethyl adjacent to an activating group) is 1. The number of thiazole rings is 1. The maximum absolute atomic E-state index is 8.87. The van der Waals surface area contributed by atoms with Crippen molar-refractivity contribution in [3.8, 4) is 11.3 Å². The highest BCUT2D eigenvalue weighted by Crippen LogP contribution is 2.31. The summed E-state index contributed by atoms with van der Waals surface area (Å²) in [5.74, 6) is 0. The van der Waals surface area contributed by atoms with Crippen LogP contribution in [-0.2, 0) is 6.54 Å². The van der Waals surface area contributed by atoms with E-state index in [-0.39, 0.29) is 6.61 Å². The van der Waals surface area contributed by atoms with Gasteiger partial charge in [0.2, 0.25) is 0 Å². The van der Waals surface area contributed by atoms with Crippen molar-refractivity contribution in [2.75, 3.05) is 20.2 Å². The van der Waals surface area contributed by atoms with Crippen LogP contribution in [0.5, 0.6) is 0 Å². The minimum atomic E-state index is 0.148. The van der Waals surface area contributed by atoms with Crippen LogP contribution in [0.15, 0.2) is 23.6 Å². The molecule has 1 aromatic heterocycles. The van der Waals surface area contributed by atoms with Crippen LogP contribution < -0.4 is 0 Å². The van der Waals surface area contributed by atoms with Crippen molar-refractivity contribution in [1.82, 2.24) is 9.88 Å². The Morgan fingerprint density at radius 3 is 2.89 bits per heavy atom. The molecule has 1 heterocycles. The molecule has 2 aromatic rings. The van der Waals surface area contributed by atoms with Gasteiger partial charge < -0.3 is 5.11 Å². The highest BCUT2D eigenvalue weighted by Gasteiger charge is 2.10. The summed E-state index contributed by atoms with van der Waals surface area (Å²) < 4.78 is 0. The second-order valence-corrected chi connectivity index (χ2v) is 6.00. The van der Waals surface area contributed by atoms with E-state index >= 15 is 0 Å². The lowest BCUT2D eigenvalue weighted by molar-refractivity contribution is 0.217. The lowest BCUT2D eigenvalue weighted by Gasteiger charge is -2.12. The van der Waals surface area contributed by atoms with Crippen molar-refractivity contribution in [2.45, 2.75) is 6.54 Å².